The van der Waals surface area contributed by atoms with E-state index in [0.29, 0.717) is 12.0 Å². The summed E-state index contributed by atoms with van der Waals surface area (Å²) in [4.78, 5) is 24.7. The third-order valence-electron chi connectivity index (χ3n) is 4.84. The van der Waals surface area contributed by atoms with Crippen LogP contribution in [0.1, 0.15) is 28.3 Å². The number of amides is 2. The Kier molecular flexibility index (Phi) is 3.95. The Balaban J connectivity index is 1.40. The van der Waals surface area contributed by atoms with E-state index in [1.807, 2.05) is 41.9 Å². The van der Waals surface area contributed by atoms with Crippen molar-refractivity contribution in [2.24, 2.45) is 13.0 Å². The van der Waals surface area contributed by atoms with E-state index in [1.54, 1.807) is 12.3 Å². The van der Waals surface area contributed by atoms with Gasteiger partial charge in [-0.25, -0.2) is 4.39 Å². The highest BCUT2D eigenvalue weighted by atomic mass is 19.1. The van der Waals surface area contributed by atoms with Crippen LogP contribution in [-0.2, 0) is 11.8 Å². The monoisotopic (exact) mass is 351 g/mol. The molecule has 1 aliphatic rings. The SMILES string of the molecule is Cn1cc(C(=O)NNC(=O)C2CC2c2cccc(F)c2)c2ccccc21. The van der Waals surface area contributed by atoms with Gasteiger partial charge < -0.3 is 4.57 Å². The Morgan fingerprint density at radius 1 is 1.12 bits per heavy atom. The molecule has 2 amide bonds. The van der Waals surface area contributed by atoms with Crippen LogP contribution in [0.4, 0.5) is 4.39 Å². The first-order valence-electron chi connectivity index (χ1n) is 8.44. The van der Waals surface area contributed by atoms with Crippen molar-refractivity contribution in [3.05, 3.63) is 71.7 Å². The lowest BCUT2D eigenvalue weighted by Crippen LogP contribution is -2.42. The molecule has 0 radical (unpaired) electrons. The minimum absolute atomic E-state index is 0.000146. The highest BCUT2D eigenvalue weighted by Crippen LogP contribution is 2.47. The predicted molar refractivity (Wildman–Crippen MR) is 95.8 cm³/mol. The third-order valence-corrected chi connectivity index (χ3v) is 4.84. The van der Waals surface area contributed by atoms with Gasteiger partial charge in [-0.3, -0.25) is 20.4 Å². The van der Waals surface area contributed by atoms with Gasteiger partial charge in [0.25, 0.3) is 5.91 Å². The van der Waals surface area contributed by atoms with Crippen LogP contribution < -0.4 is 10.9 Å². The molecule has 0 saturated heterocycles. The molecular formula is C20H18FN3O2. The van der Waals surface area contributed by atoms with Crippen LogP contribution >= 0.6 is 0 Å². The number of nitrogens with zero attached hydrogens (tertiary/aromatic N) is 1. The lowest BCUT2D eigenvalue weighted by molar-refractivity contribution is -0.123. The number of para-hydroxylation sites is 1. The standard InChI is InChI=1S/C20H18FN3O2/c1-24-11-17(14-7-2-3-8-18(14)24)20(26)23-22-19(25)16-10-15(16)12-5-4-6-13(21)9-12/h2-9,11,15-16H,10H2,1H3,(H,22,25)(H,23,26). The van der Waals surface area contributed by atoms with Crippen molar-refractivity contribution in [1.82, 2.24) is 15.4 Å². The van der Waals surface area contributed by atoms with Gasteiger partial charge in [-0.2, -0.15) is 0 Å². The lowest BCUT2D eigenvalue weighted by Gasteiger charge is -2.07. The van der Waals surface area contributed by atoms with Gasteiger partial charge in [0, 0.05) is 30.1 Å². The maximum atomic E-state index is 13.3. The normalized spacial score (nSPS) is 18.5. The zero-order chi connectivity index (χ0) is 18.3. The van der Waals surface area contributed by atoms with Crippen molar-refractivity contribution in [3.63, 3.8) is 0 Å². The first-order chi connectivity index (χ1) is 12.5. The van der Waals surface area contributed by atoms with Crippen LogP contribution in [0.3, 0.4) is 0 Å². The van der Waals surface area contributed by atoms with Crippen LogP contribution in [-0.4, -0.2) is 16.4 Å². The summed E-state index contributed by atoms with van der Waals surface area (Å²) in [5, 5.41) is 0.825. The zero-order valence-corrected chi connectivity index (χ0v) is 14.2. The number of hydrogen-bond acceptors (Lipinski definition) is 2. The molecule has 2 N–H and O–H groups in total. The molecule has 4 rings (SSSR count). The van der Waals surface area contributed by atoms with E-state index in [-0.39, 0.29) is 29.5 Å². The second-order valence-corrected chi connectivity index (χ2v) is 6.62. The first-order valence-corrected chi connectivity index (χ1v) is 8.44. The molecule has 1 heterocycles. The molecule has 26 heavy (non-hydrogen) atoms. The third kappa shape index (κ3) is 2.94. The van der Waals surface area contributed by atoms with Gasteiger partial charge in [0.2, 0.25) is 5.91 Å². The van der Waals surface area contributed by atoms with Crippen molar-refractivity contribution in [2.45, 2.75) is 12.3 Å². The van der Waals surface area contributed by atoms with Crippen LogP contribution in [0.25, 0.3) is 10.9 Å². The zero-order valence-electron chi connectivity index (χ0n) is 14.2. The first kappa shape index (κ1) is 16.3. The summed E-state index contributed by atoms with van der Waals surface area (Å²) in [7, 11) is 1.87. The quantitative estimate of drug-likeness (QED) is 0.713. The lowest BCUT2D eigenvalue weighted by atomic mass is 10.1. The van der Waals surface area contributed by atoms with Crippen LogP contribution in [0.15, 0.2) is 54.7 Å². The van der Waals surface area contributed by atoms with Crippen molar-refractivity contribution in [3.8, 4) is 0 Å². The van der Waals surface area contributed by atoms with Gasteiger partial charge in [-0.1, -0.05) is 30.3 Å². The fraction of sp³-hybridized carbons (Fsp3) is 0.200. The molecule has 2 atom stereocenters. The maximum absolute atomic E-state index is 13.3. The molecule has 1 aromatic heterocycles. The Morgan fingerprint density at radius 2 is 1.92 bits per heavy atom. The molecule has 3 aromatic rings. The highest BCUT2D eigenvalue weighted by Gasteiger charge is 2.44. The number of carbonyl (C=O) groups excluding carboxylic acids is 2. The number of halogens is 1. The topological polar surface area (TPSA) is 63.1 Å². The molecular weight excluding hydrogens is 333 g/mol. The molecule has 1 saturated carbocycles. The van der Waals surface area contributed by atoms with Crippen molar-refractivity contribution < 1.29 is 14.0 Å². The molecule has 1 aliphatic carbocycles. The average Bonchev–Trinajstić information content (AvgIpc) is 3.38. The Bertz CT molecular complexity index is 1010. The summed E-state index contributed by atoms with van der Waals surface area (Å²) in [5.74, 6) is -1.17. The number of aromatic nitrogens is 1. The highest BCUT2D eigenvalue weighted by molar-refractivity contribution is 6.07. The molecule has 0 spiro atoms. The van der Waals surface area contributed by atoms with Crippen LogP contribution in [0.2, 0.25) is 0 Å². The predicted octanol–water partition coefficient (Wildman–Crippen LogP) is 2.88. The summed E-state index contributed by atoms with van der Waals surface area (Å²) >= 11 is 0. The average molecular weight is 351 g/mol. The number of aryl methyl sites for hydroxylation is 1. The Hall–Kier alpha value is -3.15. The Labute approximate surface area is 149 Å². The minimum Gasteiger partial charge on any atom is -0.350 e. The Morgan fingerprint density at radius 3 is 2.73 bits per heavy atom. The second-order valence-electron chi connectivity index (χ2n) is 6.62. The van der Waals surface area contributed by atoms with E-state index >= 15 is 0 Å². The van der Waals surface area contributed by atoms with Gasteiger partial charge in [0.05, 0.1) is 5.56 Å². The fourth-order valence-electron chi connectivity index (χ4n) is 3.39. The molecule has 5 nitrogen and oxygen atoms in total. The van der Waals surface area contributed by atoms with Gasteiger partial charge in [0.15, 0.2) is 0 Å². The number of rotatable bonds is 3. The van der Waals surface area contributed by atoms with Crippen molar-refractivity contribution in [2.75, 3.05) is 0 Å². The fourth-order valence-corrected chi connectivity index (χ4v) is 3.39. The summed E-state index contributed by atoms with van der Waals surface area (Å²) in [6, 6.07) is 13.9. The van der Waals surface area contributed by atoms with Crippen molar-refractivity contribution in [1.29, 1.82) is 0 Å². The molecule has 2 unspecified atom stereocenters. The molecule has 0 aliphatic heterocycles. The number of hydrazine groups is 1. The number of hydrogen-bond donors (Lipinski definition) is 2. The van der Waals surface area contributed by atoms with Gasteiger partial charge in [-0.15, -0.1) is 0 Å². The number of benzene rings is 2. The molecule has 1 fully saturated rings. The summed E-state index contributed by atoms with van der Waals surface area (Å²) in [6.45, 7) is 0. The van der Waals surface area contributed by atoms with E-state index in [9.17, 15) is 14.0 Å². The smallest absolute Gasteiger partial charge is 0.271 e. The second kappa shape index (κ2) is 6.29. The molecule has 132 valence electrons. The van der Waals surface area contributed by atoms with E-state index in [0.717, 1.165) is 16.5 Å². The van der Waals surface area contributed by atoms with Gasteiger partial charge >= 0.3 is 0 Å². The van der Waals surface area contributed by atoms with Crippen LogP contribution in [0, 0.1) is 11.7 Å². The molecule has 0 bridgehead atoms. The van der Waals surface area contributed by atoms with E-state index in [2.05, 4.69) is 10.9 Å². The number of carbonyl (C=O) groups is 2. The maximum Gasteiger partial charge on any atom is 0.271 e. The van der Waals surface area contributed by atoms with E-state index < -0.39 is 0 Å². The molecule has 2 aromatic carbocycles. The van der Waals surface area contributed by atoms with Crippen molar-refractivity contribution >= 4 is 22.7 Å². The van der Waals surface area contributed by atoms with E-state index in [1.165, 1.54) is 12.1 Å². The number of fused-ring (bicyclic) bond motifs is 1. The van der Waals surface area contributed by atoms with Gasteiger partial charge in [0.1, 0.15) is 5.82 Å². The molecule has 6 heteroatoms. The van der Waals surface area contributed by atoms with Gasteiger partial charge in [-0.05, 0) is 36.1 Å². The largest absolute Gasteiger partial charge is 0.350 e. The summed E-state index contributed by atoms with van der Waals surface area (Å²) < 4.78 is 15.2. The van der Waals surface area contributed by atoms with Crippen LogP contribution in [0.5, 0.6) is 0 Å². The van der Waals surface area contributed by atoms with E-state index in [4.69, 9.17) is 0 Å². The summed E-state index contributed by atoms with van der Waals surface area (Å²) in [6.07, 6.45) is 2.39. The summed E-state index contributed by atoms with van der Waals surface area (Å²) in [5.41, 5.74) is 7.23. The number of nitrogens with one attached hydrogen (secondary N) is 2. The minimum atomic E-state index is -0.363.